The molecule has 1 aromatic carbocycles. The van der Waals surface area contributed by atoms with Gasteiger partial charge in [-0.25, -0.2) is 8.78 Å². The lowest BCUT2D eigenvalue weighted by atomic mass is 10.1. The zero-order valence-electron chi connectivity index (χ0n) is 8.72. The van der Waals surface area contributed by atoms with Gasteiger partial charge in [0.25, 0.3) is 5.92 Å². The molecule has 0 saturated carbocycles. The van der Waals surface area contributed by atoms with Gasteiger partial charge in [-0.2, -0.15) is 0 Å². The van der Waals surface area contributed by atoms with Gasteiger partial charge in [0.15, 0.2) is 0 Å². The SMILES string of the molecule is Nc1cccc(Cl)c1N1CCCC(F)(F)C1. The topological polar surface area (TPSA) is 29.3 Å². The van der Waals surface area contributed by atoms with Crippen LogP contribution in [0.3, 0.4) is 0 Å². The Morgan fingerprint density at radius 2 is 2.12 bits per heavy atom. The highest BCUT2D eigenvalue weighted by Crippen LogP contribution is 2.37. The molecule has 2 nitrogen and oxygen atoms in total. The summed E-state index contributed by atoms with van der Waals surface area (Å²) < 4.78 is 26.6. The smallest absolute Gasteiger partial charge is 0.265 e. The summed E-state index contributed by atoms with van der Waals surface area (Å²) in [6.45, 7) is 0.268. The second-order valence-corrected chi connectivity index (χ2v) is 4.47. The Bertz CT molecular complexity index is 375. The molecule has 0 radical (unpaired) electrons. The Morgan fingerprint density at radius 3 is 2.75 bits per heavy atom. The average Bonchev–Trinajstić information content (AvgIpc) is 2.15. The third-order valence-corrected chi connectivity index (χ3v) is 3.03. The van der Waals surface area contributed by atoms with E-state index in [0.29, 0.717) is 29.4 Å². The predicted octanol–water partition coefficient (Wildman–Crippen LogP) is 3.16. The molecule has 1 saturated heterocycles. The third kappa shape index (κ3) is 2.21. The first kappa shape index (κ1) is 11.5. The molecule has 0 aliphatic carbocycles. The van der Waals surface area contributed by atoms with Crippen LogP contribution in [-0.2, 0) is 0 Å². The van der Waals surface area contributed by atoms with Gasteiger partial charge in [0.1, 0.15) is 0 Å². The van der Waals surface area contributed by atoms with Crippen molar-refractivity contribution < 1.29 is 8.78 Å². The summed E-state index contributed by atoms with van der Waals surface area (Å²) in [6.07, 6.45) is 0.394. The zero-order valence-corrected chi connectivity index (χ0v) is 9.47. The molecule has 2 rings (SSSR count). The van der Waals surface area contributed by atoms with Gasteiger partial charge in [0.05, 0.1) is 22.9 Å². The maximum atomic E-state index is 13.3. The van der Waals surface area contributed by atoms with Gasteiger partial charge in [-0.15, -0.1) is 0 Å². The van der Waals surface area contributed by atoms with E-state index in [4.69, 9.17) is 17.3 Å². The van der Waals surface area contributed by atoms with Crippen LogP contribution in [0.4, 0.5) is 20.2 Å². The van der Waals surface area contributed by atoms with Crippen LogP contribution in [0.5, 0.6) is 0 Å². The minimum Gasteiger partial charge on any atom is -0.397 e. The quantitative estimate of drug-likeness (QED) is 0.772. The molecular formula is C11H13ClF2N2. The second kappa shape index (κ2) is 4.09. The lowest BCUT2D eigenvalue weighted by molar-refractivity contribution is -0.0116. The minimum atomic E-state index is -2.65. The van der Waals surface area contributed by atoms with Gasteiger partial charge >= 0.3 is 0 Å². The number of anilines is 2. The van der Waals surface area contributed by atoms with Gasteiger partial charge in [0, 0.05) is 13.0 Å². The highest BCUT2D eigenvalue weighted by Gasteiger charge is 2.36. The first-order valence-corrected chi connectivity index (χ1v) is 5.54. The number of nitrogens with two attached hydrogens (primary N) is 1. The summed E-state index contributed by atoms with van der Waals surface area (Å²) in [4.78, 5) is 1.57. The Labute approximate surface area is 98.0 Å². The Balaban J connectivity index is 2.30. The van der Waals surface area contributed by atoms with Crippen LogP contribution < -0.4 is 10.6 Å². The number of para-hydroxylation sites is 1. The number of rotatable bonds is 1. The zero-order chi connectivity index (χ0) is 11.8. The maximum Gasteiger partial charge on any atom is 0.265 e. The molecule has 0 spiro atoms. The van der Waals surface area contributed by atoms with Gasteiger partial charge in [-0.3, -0.25) is 0 Å². The van der Waals surface area contributed by atoms with Gasteiger partial charge in [-0.05, 0) is 18.6 Å². The highest BCUT2D eigenvalue weighted by atomic mass is 35.5. The molecule has 0 atom stereocenters. The fraction of sp³-hybridized carbons (Fsp3) is 0.455. The van der Waals surface area contributed by atoms with E-state index in [1.165, 1.54) is 0 Å². The van der Waals surface area contributed by atoms with Gasteiger partial charge < -0.3 is 10.6 Å². The third-order valence-electron chi connectivity index (χ3n) is 2.73. The van der Waals surface area contributed by atoms with E-state index in [1.54, 1.807) is 23.1 Å². The molecule has 0 amide bonds. The minimum absolute atomic E-state index is 0.0616. The molecule has 1 aromatic rings. The Hall–Kier alpha value is -1.03. The standard InChI is InChI=1S/C11H13ClF2N2/c12-8-3-1-4-9(15)10(8)16-6-2-5-11(13,14)7-16/h1,3-4H,2,5-7,15H2. The first-order chi connectivity index (χ1) is 7.49. The summed E-state index contributed by atoms with van der Waals surface area (Å²) in [5.74, 6) is -2.65. The van der Waals surface area contributed by atoms with E-state index in [9.17, 15) is 8.78 Å². The van der Waals surface area contributed by atoms with Crippen molar-refractivity contribution in [3.8, 4) is 0 Å². The monoisotopic (exact) mass is 246 g/mol. The van der Waals surface area contributed by atoms with Gasteiger partial charge in [-0.1, -0.05) is 17.7 Å². The molecule has 88 valence electrons. The number of benzene rings is 1. The van der Waals surface area contributed by atoms with Crippen molar-refractivity contribution in [1.82, 2.24) is 0 Å². The molecule has 16 heavy (non-hydrogen) atoms. The highest BCUT2D eigenvalue weighted by molar-refractivity contribution is 6.34. The van der Waals surface area contributed by atoms with Crippen molar-refractivity contribution >= 4 is 23.0 Å². The fourth-order valence-electron chi connectivity index (χ4n) is 2.02. The average molecular weight is 247 g/mol. The van der Waals surface area contributed by atoms with E-state index >= 15 is 0 Å². The maximum absolute atomic E-state index is 13.3. The van der Waals surface area contributed by atoms with Crippen molar-refractivity contribution in [3.05, 3.63) is 23.2 Å². The lowest BCUT2D eigenvalue weighted by Gasteiger charge is -2.35. The first-order valence-electron chi connectivity index (χ1n) is 5.16. The van der Waals surface area contributed by atoms with E-state index in [2.05, 4.69) is 0 Å². The van der Waals surface area contributed by atoms with Crippen molar-refractivity contribution in [2.24, 2.45) is 0 Å². The van der Waals surface area contributed by atoms with Crippen LogP contribution in [0.2, 0.25) is 5.02 Å². The molecular weight excluding hydrogens is 234 g/mol. The van der Waals surface area contributed by atoms with Gasteiger partial charge in [0.2, 0.25) is 0 Å². The van der Waals surface area contributed by atoms with Crippen LogP contribution in [-0.4, -0.2) is 19.0 Å². The molecule has 5 heteroatoms. The molecule has 2 N–H and O–H groups in total. The summed E-state index contributed by atoms with van der Waals surface area (Å²) in [5, 5.41) is 0.428. The molecule has 1 heterocycles. The van der Waals surface area contributed by atoms with Crippen LogP contribution in [0.15, 0.2) is 18.2 Å². The fourth-order valence-corrected chi connectivity index (χ4v) is 2.32. The summed E-state index contributed by atoms with van der Waals surface area (Å²) >= 11 is 5.99. The number of hydrogen-bond donors (Lipinski definition) is 1. The second-order valence-electron chi connectivity index (χ2n) is 4.06. The molecule has 0 unspecified atom stereocenters. The normalized spacial score (nSPS) is 19.8. The number of alkyl halides is 2. The molecule has 1 fully saturated rings. The Kier molecular flexibility index (Phi) is 2.93. The number of piperidine rings is 1. The lowest BCUT2D eigenvalue weighted by Crippen LogP contribution is -2.43. The number of halogens is 3. The van der Waals surface area contributed by atoms with Crippen molar-refractivity contribution in [3.63, 3.8) is 0 Å². The van der Waals surface area contributed by atoms with E-state index in [-0.39, 0.29) is 13.0 Å². The van der Waals surface area contributed by atoms with E-state index in [0.717, 1.165) is 0 Å². The Morgan fingerprint density at radius 1 is 1.38 bits per heavy atom. The van der Waals surface area contributed by atoms with E-state index < -0.39 is 5.92 Å². The predicted molar refractivity (Wildman–Crippen MR) is 62.3 cm³/mol. The number of nitrogens with zero attached hydrogens (tertiary/aromatic N) is 1. The van der Waals surface area contributed by atoms with Crippen LogP contribution >= 0.6 is 11.6 Å². The molecule has 0 aromatic heterocycles. The molecule has 1 aliphatic heterocycles. The number of nitrogen functional groups attached to an aromatic ring is 1. The summed E-state index contributed by atoms with van der Waals surface area (Å²) in [6, 6.07) is 5.05. The van der Waals surface area contributed by atoms with E-state index in [1.807, 2.05) is 0 Å². The largest absolute Gasteiger partial charge is 0.397 e. The van der Waals surface area contributed by atoms with Crippen molar-refractivity contribution in [2.45, 2.75) is 18.8 Å². The van der Waals surface area contributed by atoms with Crippen molar-refractivity contribution in [2.75, 3.05) is 23.7 Å². The number of hydrogen-bond acceptors (Lipinski definition) is 2. The van der Waals surface area contributed by atoms with Crippen molar-refractivity contribution in [1.29, 1.82) is 0 Å². The van der Waals surface area contributed by atoms with Crippen LogP contribution in [0, 0.1) is 0 Å². The summed E-state index contributed by atoms with van der Waals surface area (Å²) in [7, 11) is 0. The summed E-state index contributed by atoms with van der Waals surface area (Å²) in [5.41, 5.74) is 6.75. The van der Waals surface area contributed by atoms with Crippen LogP contribution in [0.1, 0.15) is 12.8 Å². The molecule has 0 bridgehead atoms. The van der Waals surface area contributed by atoms with Crippen LogP contribution in [0.25, 0.3) is 0 Å². The molecule has 1 aliphatic rings.